The summed E-state index contributed by atoms with van der Waals surface area (Å²) in [6, 6.07) is 31.2. The minimum absolute atomic E-state index is 0.260. The van der Waals surface area contributed by atoms with Crippen molar-refractivity contribution < 1.29 is 13.7 Å². The van der Waals surface area contributed by atoms with E-state index in [4.69, 9.17) is 9.47 Å². The van der Waals surface area contributed by atoms with E-state index in [-0.39, 0.29) is 5.92 Å². The molecule has 4 heteroatoms. The normalized spacial score (nSPS) is 13.7. The van der Waals surface area contributed by atoms with Crippen molar-refractivity contribution in [3.63, 3.8) is 0 Å². The monoisotopic (exact) mass is 456 g/mol. The van der Waals surface area contributed by atoms with Gasteiger partial charge in [0.2, 0.25) is 0 Å². The molecule has 0 saturated heterocycles. The molecule has 0 spiro atoms. The van der Waals surface area contributed by atoms with Gasteiger partial charge >= 0.3 is 0 Å². The molecule has 168 valence electrons. The first-order chi connectivity index (χ1) is 15.9. The quantitative estimate of drug-likeness (QED) is 0.279. The van der Waals surface area contributed by atoms with Crippen LogP contribution in [0, 0.1) is 6.92 Å². The molecule has 3 nitrogen and oxygen atoms in total. The van der Waals surface area contributed by atoms with Gasteiger partial charge < -0.3 is 9.47 Å². The van der Waals surface area contributed by atoms with Crippen molar-refractivity contribution in [1.29, 1.82) is 0 Å². The molecule has 0 aliphatic carbocycles. The molecule has 0 N–H and O–H groups in total. The molecule has 0 bridgehead atoms. The fourth-order valence-corrected chi connectivity index (χ4v) is 5.09. The van der Waals surface area contributed by atoms with Crippen LogP contribution in [0.5, 0.6) is 17.2 Å². The minimum Gasteiger partial charge on any atom is -0.497 e. The topological polar surface area (TPSA) is 35.5 Å². The Morgan fingerprint density at radius 1 is 0.667 bits per heavy atom. The highest BCUT2D eigenvalue weighted by Gasteiger charge is 2.12. The fraction of sp³-hybridized carbons (Fsp3) is 0.138. The van der Waals surface area contributed by atoms with E-state index in [1.807, 2.05) is 79.7 Å². The summed E-state index contributed by atoms with van der Waals surface area (Å²) in [6.07, 6.45) is 0. The molecule has 4 aromatic rings. The van der Waals surface area contributed by atoms with Crippen LogP contribution < -0.4 is 9.47 Å². The van der Waals surface area contributed by atoms with Gasteiger partial charge in [-0.1, -0.05) is 48.9 Å². The fourth-order valence-electron chi connectivity index (χ4n) is 3.67. The van der Waals surface area contributed by atoms with Gasteiger partial charge in [-0.3, -0.25) is 4.21 Å². The van der Waals surface area contributed by atoms with Crippen LogP contribution in [0.4, 0.5) is 0 Å². The average molecular weight is 457 g/mol. The lowest BCUT2D eigenvalue weighted by Crippen LogP contribution is -2.01. The van der Waals surface area contributed by atoms with Crippen LogP contribution in [-0.2, 0) is 9.52 Å². The summed E-state index contributed by atoms with van der Waals surface area (Å²) >= 11 is 0. The summed E-state index contributed by atoms with van der Waals surface area (Å²) in [7, 11) is -0.882. The summed E-state index contributed by atoms with van der Waals surface area (Å²) < 4.78 is 24.5. The van der Waals surface area contributed by atoms with Gasteiger partial charge in [0.15, 0.2) is 0 Å². The summed E-state index contributed by atoms with van der Waals surface area (Å²) in [5.41, 5.74) is 3.56. The average Bonchev–Trinajstić information content (AvgIpc) is 2.85. The number of benzene rings is 4. The van der Waals surface area contributed by atoms with Gasteiger partial charge in [-0.25, -0.2) is 0 Å². The molecule has 4 rings (SSSR count). The standard InChI is InChI=1S/C29H28O3S/c1-21-5-17-28(18-6-21)33(4,30)29-19-15-27(16-20-29)32-26-13-9-24(10-14-26)22(2)23-7-11-25(31-3)12-8-23/h5-20,22H,4H2,1-3H3. The second-order valence-corrected chi connectivity index (χ2v) is 10.4. The third-order valence-corrected chi connectivity index (χ3v) is 7.91. The zero-order valence-electron chi connectivity index (χ0n) is 19.2. The van der Waals surface area contributed by atoms with Crippen molar-refractivity contribution in [2.45, 2.75) is 29.6 Å². The highest BCUT2D eigenvalue weighted by Crippen LogP contribution is 2.30. The van der Waals surface area contributed by atoms with Crippen LogP contribution in [0.2, 0.25) is 0 Å². The second-order valence-electron chi connectivity index (χ2n) is 8.13. The van der Waals surface area contributed by atoms with Crippen LogP contribution in [0.15, 0.2) is 107 Å². The number of aryl methyl sites for hydroxylation is 1. The molecule has 0 amide bonds. The summed E-state index contributed by atoms with van der Waals surface area (Å²) in [6.45, 7) is 4.19. The molecule has 0 radical (unpaired) electrons. The number of ether oxygens (including phenoxy) is 2. The van der Waals surface area contributed by atoms with Gasteiger partial charge in [0.25, 0.3) is 0 Å². The molecule has 0 aliphatic heterocycles. The molecular weight excluding hydrogens is 428 g/mol. The Kier molecular flexibility index (Phi) is 6.57. The molecule has 2 unspecified atom stereocenters. The number of hydrogen-bond donors (Lipinski definition) is 0. The van der Waals surface area contributed by atoms with E-state index in [2.05, 4.69) is 37.1 Å². The van der Waals surface area contributed by atoms with E-state index >= 15 is 0 Å². The van der Waals surface area contributed by atoms with Crippen LogP contribution >= 0.6 is 0 Å². The van der Waals surface area contributed by atoms with Crippen molar-refractivity contribution in [2.24, 2.45) is 0 Å². The third kappa shape index (κ3) is 5.12. The van der Waals surface area contributed by atoms with E-state index in [1.165, 1.54) is 11.1 Å². The van der Waals surface area contributed by atoms with Crippen molar-refractivity contribution >= 4 is 15.4 Å². The summed E-state index contributed by atoms with van der Waals surface area (Å²) in [5.74, 6) is 6.55. The van der Waals surface area contributed by atoms with Gasteiger partial charge in [0.05, 0.1) is 7.11 Å². The predicted molar refractivity (Wildman–Crippen MR) is 136 cm³/mol. The highest BCUT2D eigenvalue weighted by molar-refractivity contribution is 8.00. The predicted octanol–water partition coefficient (Wildman–Crippen LogP) is 7.08. The zero-order chi connectivity index (χ0) is 23.4. The van der Waals surface area contributed by atoms with E-state index in [0.29, 0.717) is 10.6 Å². The molecule has 0 heterocycles. The van der Waals surface area contributed by atoms with Crippen LogP contribution in [0.1, 0.15) is 29.5 Å². The van der Waals surface area contributed by atoms with Gasteiger partial charge in [-0.05, 0) is 84.6 Å². The first kappa shape index (κ1) is 22.7. The van der Waals surface area contributed by atoms with E-state index in [1.54, 1.807) is 7.11 Å². The first-order valence-electron chi connectivity index (χ1n) is 10.8. The van der Waals surface area contributed by atoms with Gasteiger partial charge in [0.1, 0.15) is 17.2 Å². The smallest absolute Gasteiger partial charge is 0.127 e. The lowest BCUT2D eigenvalue weighted by molar-refractivity contribution is 0.414. The molecule has 4 aromatic carbocycles. The molecule has 0 saturated carbocycles. The maximum Gasteiger partial charge on any atom is 0.127 e. The van der Waals surface area contributed by atoms with Gasteiger partial charge in [-0.15, -0.1) is 0 Å². The van der Waals surface area contributed by atoms with Crippen LogP contribution in [-0.4, -0.2) is 17.2 Å². The van der Waals surface area contributed by atoms with Crippen molar-refractivity contribution in [2.75, 3.05) is 7.11 Å². The molecular formula is C29H28O3S. The van der Waals surface area contributed by atoms with E-state index < -0.39 is 9.52 Å². The summed E-state index contributed by atoms with van der Waals surface area (Å²) in [5, 5.41) is 0. The number of hydrogen-bond acceptors (Lipinski definition) is 3. The Bertz CT molecular complexity index is 1300. The second kappa shape index (κ2) is 9.55. The zero-order valence-corrected chi connectivity index (χ0v) is 20.0. The Balaban J connectivity index is 1.45. The van der Waals surface area contributed by atoms with E-state index in [9.17, 15) is 4.21 Å². The Hall–Kier alpha value is -3.50. The Labute approximate surface area is 196 Å². The van der Waals surface area contributed by atoms with Crippen molar-refractivity contribution in [1.82, 2.24) is 0 Å². The lowest BCUT2D eigenvalue weighted by Gasteiger charge is -2.14. The number of methoxy groups -OCH3 is 1. The first-order valence-corrected chi connectivity index (χ1v) is 12.6. The molecule has 33 heavy (non-hydrogen) atoms. The largest absolute Gasteiger partial charge is 0.497 e. The Morgan fingerprint density at radius 2 is 1.06 bits per heavy atom. The van der Waals surface area contributed by atoms with Crippen molar-refractivity contribution in [3.05, 3.63) is 114 Å². The van der Waals surface area contributed by atoms with Gasteiger partial charge in [-0.2, -0.15) is 0 Å². The lowest BCUT2D eigenvalue weighted by atomic mass is 9.93. The SMILES string of the molecule is C=S(=O)(c1ccc(C)cc1)c1ccc(Oc2ccc(C(C)c3ccc(OC)cc3)cc2)cc1. The molecule has 0 aromatic heterocycles. The van der Waals surface area contributed by atoms with Crippen LogP contribution in [0.25, 0.3) is 0 Å². The molecule has 0 fully saturated rings. The number of rotatable bonds is 7. The minimum atomic E-state index is -2.55. The highest BCUT2D eigenvalue weighted by atomic mass is 32.2. The molecule has 2 atom stereocenters. The Morgan fingerprint density at radius 3 is 1.52 bits per heavy atom. The maximum absolute atomic E-state index is 13.3. The third-order valence-electron chi connectivity index (χ3n) is 5.84. The van der Waals surface area contributed by atoms with E-state index in [0.717, 1.165) is 22.0 Å². The maximum atomic E-state index is 13.3. The van der Waals surface area contributed by atoms with Gasteiger partial charge in [0, 0.05) is 25.2 Å². The van der Waals surface area contributed by atoms with Crippen molar-refractivity contribution in [3.8, 4) is 17.2 Å². The molecule has 0 aliphatic rings. The summed E-state index contributed by atoms with van der Waals surface area (Å²) in [4.78, 5) is 1.41. The van der Waals surface area contributed by atoms with Crippen LogP contribution in [0.3, 0.4) is 0 Å².